The summed E-state index contributed by atoms with van der Waals surface area (Å²) >= 11 is 0. The van der Waals surface area contributed by atoms with Crippen LogP contribution in [0.2, 0.25) is 0 Å². The Labute approximate surface area is 123 Å². The van der Waals surface area contributed by atoms with Crippen molar-refractivity contribution in [2.75, 3.05) is 26.7 Å². The fourth-order valence-electron chi connectivity index (χ4n) is 3.02. The first-order valence-electron chi connectivity index (χ1n) is 7.85. The number of nitrogens with zero attached hydrogens (tertiary/aromatic N) is 1. The predicted octanol–water partition coefficient (Wildman–Crippen LogP) is 2.80. The lowest BCUT2D eigenvalue weighted by Gasteiger charge is -2.26. The Morgan fingerprint density at radius 3 is 2.75 bits per heavy atom. The van der Waals surface area contributed by atoms with E-state index >= 15 is 0 Å². The molecule has 2 rings (SSSR count). The molecule has 1 aliphatic heterocycles. The first-order chi connectivity index (χ1) is 9.83. The second-order valence-corrected chi connectivity index (χ2v) is 5.73. The minimum absolute atomic E-state index is 0.677. The van der Waals surface area contributed by atoms with Crippen LogP contribution in [0.3, 0.4) is 0 Å². The zero-order valence-corrected chi connectivity index (χ0v) is 12.9. The van der Waals surface area contributed by atoms with Gasteiger partial charge in [0.15, 0.2) is 0 Å². The standard InChI is InChI=1S/C17H28N2O/c1-3-11-19(13-17-9-6-10-18-17)12-15-7-4-5-8-16(15)14-20-2/h4-5,7-8,17-18H,3,6,9-14H2,1-2H3. The van der Waals surface area contributed by atoms with Gasteiger partial charge in [-0.25, -0.2) is 0 Å². The van der Waals surface area contributed by atoms with Gasteiger partial charge in [-0.2, -0.15) is 0 Å². The molecule has 1 fully saturated rings. The van der Waals surface area contributed by atoms with Crippen LogP contribution in [-0.2, 0) is 17.9 Å². The van der Waals surface area contributed by atoms with Gasteiger partial charge < -0.3 is 10.1 Å². The molecule has 1 N–H and O–H groups in total. The third kappa shape index (κ3) is 4.58. The van der Waals surface area contributed by atoms with Crippen molar-refractivity contribution in [2.24, 2.45) is 0 Å². The summed E-state index contributed by atoms with van der Waals surface area (Å²) in [5, 5.41) is 3.60. The lowest BCUT2D eigenvalue weighted by Crippen LogP contribution is -2.37. The van der Waals surface area contributed by atoms with Crippen molar-refractivity contribution in [3.05, 3.63) is 35.4 Å². The van der Waals surface area contributed by atoms with E-state index in [0.29, 0.717) is 12.6 Å². The Balaban J connectivity index is 1.99. The second-order valence-electron chi connectivity index (χ2n) is 5.73. The molecule has 1 unspecified atom stereocenters. The van der Waals surface area contributed by atoms with E-state index in [2.05, 4.69) is 41.4 Å². The smallest absolute Gasteiger partial charge is 0.0716 e. The van der Waals surface area contributed by atoms with Gasteiger partial charge in [0.2, 0.25) is 0 Å². The van der Waals surface area contributed by atoms with Crippen LogP contribution in [0.1, 0.15) is 37.3 Å². The lowest BCUT2D eigenvalue weighted by atomic mass is 10.1. The van der Waals surface area contributed by atoms with Crippen LogP contribution >= 0.6 is 0 Å². The van der Waals surface area contributed by atoms with E-state index in [-0.39, 0.29) is 0 Å². The fraction of sp³-hybridized carbons (Fsp3) is 0.647. The average Bonchev–Trinajstić information content (AvgIpc) is 2.94. The van der Waals surface area contributed by atoms with Gasteiger partial charge in [0, 0.05) is 26.2 Å². The van der Waals surface area contributed by atoms with Crippen LogP contribution in [0.5, 0.6) is 0 Å². The molecule has 1 saturated heterocycles. The van der Waals surface area contributed by atoms with Crippen LogP contribution in [-0.4, -0.2) is 37.7 Å². The lowest BCUT2D eigenvalue weighted by molar-refractivity contribution is 0.181. The molecule has 1 aromatic carbocycles. The summed E-state index contributed by atoms with van der Waals surface area (Å²) in [6, 6.07) is 9.32. The molecule has 0 saturated carbocycles. The summed E-state index contributed by atoms with van der Waals surface area (Å²) in [6.07, 6.45) is 3.85. The number of nitrogens with one attached hydrogen (secondary N) is 1. The normalized spacial score (nSPS) is 18.9. The molecule has 1 atom stereocenters. The number of benzene rings is 1. The Hall–Kier alpha value is -0.900. The van der Waals surface area contributed by atoms with E-state index in [1.54, 1.807) is 7.11 Å². The van der Waals surface area contributed by atoms with Crippen molar-refractivity contribution in [2.45, 2.75) is 45.4 Å². The number of hydrogen-bond acceptors (Lipinski definition) is 3. The molecule has 0 aromatic heterocycles. The SMILES string of the molecule is CCCN(Cc1ccccc1COC)CC1CCCN1. The summed E-state index contributed by atoms with van der Waals surface area (Å²) in [5.41, 5.74) is 2.72. The van der Waals surface area contributed by atoms with Gasteiger partial charge >= 0.3 is 0 Å². The average molecular weight is 276 g/mol. The van der Waals surface area contributed by atoms with Gasteiger partial charge in [0.05, 0.1) is 6.61 Å². The molecule has 112 valence electrons. The van der Waals surface area contributed by atoms with E-state index in [9.17, 15) is 0 Å². The van der Waals surface area contributed by atoms with Crippen molar-refractivity contribution >= 4 is 0 Å². The number of hydrogen-bond donors (Lipinski definition) is 1. The molecule has 3 heteroatoms. The van der Waals surface area contributed by atoms with Crippen molar-refractivity contribution in [1.82, 2.24) is 10.2 Å². The van der Waals surface area contributed by atoms with Crippen molar-refractivity contribution in [3.63, 3.8) is 0 Å². The van der Waals surface area contributed by atoms with E-state index in [1.807, 2.05) is 0 Å². The van der Waals surface area contributed by atoms with E-state index in [0.717, 1.165) is 13.1 Å². The third-order valence-electron chi connectivity index (χ3n) is 3.99. The summed E-state index contributed by atoms with van der Waals surface area (Å²) in [7, 11) is 1.77. The van der Waals surface area contributed by atoms with Gasteiger partial charge in [-0.1, -0.05) is 31.2 Å². The molecular formula is C17H28N2O. The van der Waals surface area contributed by atoms with Crippen molar-refractivity contribution in [3.8, 4) is 0 Å². The van der Waals surface area contributed by atoms with E-state index in [1.165, 1.54) is 43.5 Å². The molecule has 0 radical (unpaired) electrons. The predicted molar refractivity (Wildman–Crippen MR) is 83.7 cm³/mol. The van der Waals surface area contributed by atoms with Gasteiger partial charge in [0.25, 0.3) is 0 Å². The molecule has 1 aliphatic rings. The van der Waals surface area contributed by atoms with E-state index < -0.39 is 0 Å². The highest BCUT2D eigenvalue weighted by atomic mass is 16.5. The second kappa shape index (κ2) is 8.40. The van der Waals surface area contributed by atoms with Crippen LogP contribution in [0.15, 0.2) is 24.3 Å². The Kier molecular flexibility index (Phi) is 6.51. The number of rotatable bonds is 8. The van der Waals surface area contributed by atoms with Crippen LogP contribution in [0.25, 0.3) is 0 Å². The van der Waals surface area contributed by atoms with Gasteiger partial charge in [-0.3, -0.25) is 4.90 Å². The molecule has 0 spiro atoms. The third-order valence-corrected chi connectivity index (χ3v) is 3.99. The number of ether oxygens (including phenoxy) is 1. The summed E-state index contributed by atoms with van der Waals surface area (Å²) in [6.45, 7) is 7.51. The summed E-state index contributed by atoms with van der Waals surface area (Å²) < 4.78 is 5.31. The van der Waals surface area contributed by atoms with Gasteiger partial charge in [-0.15, -0.1) is 0 Å². The fourth-order valence-corrected chi connectivity index (χ4v) is 3.02. The van der Waals surface area contributed by atoms with Gasteiger partial charge in [0.1, 0.15) is 0 Å². The minimum atomic E-state index is 0.677. The maximum atomic E-state index is 5.31. The molecule has 3 nitrogen and oxygen atoms in total. The molecule has 1 heterocycles. The number of methoxy groups -OCH3 is 1. The largest absolute Gasteiger partial charge is 0.380 e. The Morgan fingerprint density at radius 1 is 1.30 bits per heavy atom. The highest BCUT2D eigenvalue weighted by molar-refractivity contribution is 5.26. The molecule has 20 heavy (non-hydrogen) atoms. The summed E-state index contributed by atoms with van der Waals surface area (Å²) in [5.74, 6) is 0. The summed E-state index contributed by atoms with van der Waals surface area (Å²) in [4.78, 5) is 2.58. The zero-order valence-electron chi connectivity index (χ0n) is 12.9. The maximum Gasteiger partial charge on any atom is 0.0716 e. The van der Waals surface area contributed by atoms with Crippen LogP contribution in [0, 0.1) is 0 Å². The van der Waals surface area contributed by atoms with Crippen molar-refractivity contribution < 1.29 is 4.74 Å². The first-order valence-corrected chi connectivity index (χ1v) is 7.85. The highest BCUT2D eigenvalue weighted by Gasteiger charge is 2.18. The quantitative estimate of drug-likeness (QED) is 0.790. The molecular weight excluding hydrogens is 248 g/mol. The minimum Gasteiger partial charge on any atom is -0.380 e. The topological polar surface area (TPSA) is 24.5 Å². The molecule has 0 bridgehead atoms. The Morgan fingerprint density at radius 2 is 2.10 bits per heavy atom. The molecule has 1 aromatic rings. The van der Waals surface area contributed by atoms with Crippen LogP contribution in [0.4, 0.5) is 0 Å². The molecule has 0 amide bonds. The van der Waals surface area contributed by atoms with E-state index in [4.69, 9.17) is 4.74 Å². The monoisotopic (exact) mass is 276 g/mol. The van der Waals surface area contributed by atoms with Crippen LogP contribution < -0.4 is 5.32 Å². The first kappa shape index (κ1) is 15.5. The van der Waals surface area contributed by atoms with Crippen molar-refractivity contribution in [1.29, 1.82) is 0 Å². The zero-order chi connectivity index (χ0) is 14.2. The maximum absolute atomic E-state index is 5.31. The highest BCUT2D eigenvalue weighted by Crippen LogP contribution is 2.15. The molecule has 0 aliphatic carbocycles. The van der Waals surface area contributed by atoms with Gasteiger partial charge in [-0.05, 0) is 43.5 Å². The Bertz CT molecular complexity index is 388.